The number of hydrogen-bond donors (Lipinski definition) is 0. The molecule has 0 radical (unpaired) electrons. The van der Waals surface area contributed by atoms with Gasteiger partial charge < -0.3 is 14.3 Å². The van der Waals surface area contributed by atoms with Gasteiger partial charge in [0.25, 0.3) is 5.91 Å². The third kappa shape index (κ3) is 4.49. The van der Waals surface area contributed by atoms with Crippen LogP contribution in [0.4, 0.5) is 10.1 Å². The topological polar surface area (TPSA) is 62.5 Å². The molecule has 2 aliphatic heterocycles. The first-order valence-corrected chi connectivity index (χ1v) is 12.4. The van der Waals surface area contributed by atoms with Crippen molar-refractivity contribution in [2.24, 2.45) is 0 Å². The fourth-order valence-corrected chi connectivity index (χ4v) is 5.22. The van der Waals surface area contributed by atoms with Crippen molar-refractivity contribution in [2.75, 3.05) is 24.5 Å². The second-order valence-corrected chi connectivity index (χ2v) is 9.54. The Bertz CT molecular complexity index is 1380. The number of aromatic nitrogens is 2. The summed E-state index contributed by atoms with van der Waals surface area (Å²) in [4.78, 5) is 22.0. The van der Waals surface area contributed by atoms with E-state index in [9.17, 15) is 9.18 Å². The van der Waals surface area contributed by atoms with Crippen LogP contribution in [0.15, 0.2) is 77.3 Å². The lowest BCUT2D eigenvalue weighted by Gasteiger charge is -2.32. The van der Waals surface area contributed by atoms with Crippen LogP contribution >= 0.6 is 0 Å². The Balaban J connectivity index is 1.12. The van der Waals surface area contributed by atoms with Crippen LogP contribution < -0.4 is 4.90 Å². The highest BCUT2D eigenvalue weighted by molar-refractivity contribution is 5.94. The second kappa shape index (κ2) is 9.57. The lowest BCUT2D eigenvalue weighted by atomic mass is 9.97. The maximum atomic E-state index is 13.6. The molecule has 0 spiro atoms. The molecule has 1 fully saturated rings. The summed E-state index contributed by atoms with van der Waals surface area (Å²) >= 11 is 0. The number of carbonyl (C=O) groups excluding carboxylic acids is 1. The normalized spacial score (nSPS) is 17.6. The first kappa shape index (κ1) is 22.5. The minimum atomic E-state index is -0.343. The van der Waals surface area contributed by atoms with Crippen molar-refractivity contribution in [1.82, 2.24) is 15.0 Å². The number of likely N-dealkylation sites (tertiary alicyclic amines) is 1. The van der Waals surface area contributed by atoms with Crippen molar-refractivity contribution in [3.63, 3.8) is 0 Å². The van der Waals surface area contributed by atoms with Gasteiger partial charge in [-0.2, -0.15) is 4.98 Å². The average Bonchev–Trinajstić information content (AvgIpc) is 3.43. The molecule has 1 atom stereocenters. The van der Waals surface area contributed by atoms with Crippen molar-refractivity contribution >= 4 is 11.6 Å². The van der Waals surface area contributed by atoms with Crippen molar-refractivity contribution < 1.29 is 13.7 Å². The van der Waals surface area contributed by atoms with Crippen LogP contribution in [0.2, 0.25) is 0 Å². The van der Waals surface area contributed by atoms with Gasteiger partial charge >= 0.3 is 0 Å². The van der Waals surface area contributed by atoms with Crippen molar-refractivity contribution in [3.05, 3.63) is 101 Å². The maximum absolute atomic E-state index is 13.6. The molecule has 0 bridgehead atoms. The molecule has 6 nitrogen and oxygen atoms in total. The Morgan fingerprint density at radius 1 is 0.972 bits per heavy atom. The molecule has 3 aromatic carbocycles. The number of piperidine rings is 1. The van der Waals surface area contributed by atoms with E-state index in [1.54, 1.807) is 12.1 Å². The van der Waals surface area contributed by atoms with E-state index in [1.165, 1.54) is 23.3 Å². The molecule has 1 saturated heterocycles. The largest absolute Gasteiger partial charge is 0.367 e. The summed E-state index contributed by atoms with van der Waals surface area (Å²) in [5.41, 5.74) is 5.18. The van der Waals surface area contributed by atoms with E-state index >= 15 is 0 Å². The van der Waals surface area contributed by atoms with Crippen LogP contribution in [0, 0.1) is 5.82 Å². The summed E-state index contributed by atoms with van der Waals surface area (Å²) in [5, 5.41) is 4.04. The molecule has 6 rings (SSSR count). The van der Waals surface area contributed by atoms with E-state index in [4.69, 9.17) is 4.52 Å². The predicted molar refractivity (Wildman–Crippen MR) is 135 cm³/mol. The van der Waals surface area contributed by atoms with Gasteiger partial charge in [0.1, 0.15) is 5.82 Å². The van der Waals surface area contributed by atoms with Crippen LogP contribution in [0.3, 0.4) is 0 Å². The third-order valence-corrected chi connectivity index (χ3v) is 7.19. The number of rotatable bonds is 4. The predicted octanol–water partition coefficient (Wildman–Crippen LogP) is 5.46. The quantitative estimate of drug-likeness (QED) is 0.387. The van der Waals surface area contributed by atoms with Gasteiger partial charge in [-0.25, -0.2) is 4.39 Å². The minimum absolute atomic E-state index is 0.0140. The monoisotopic (exact) mass is 482 g/mol. The Kier molecular flexibility index (Phi) is 5.97. The summed E-state index contributed by atoms with van der Waals surface area (Å²) in [6.45, 7) is 3.08. The van der Waals surface area contributed by atoms with Crippen LogP contribution in [0.25, 0.3) is 11.4 Å². The molecular weight excluding hydrogens is 455 g/mol. The average molecular weight is 483 g/mol. The fraction of sp³-hybridized carbons (Fsp3) is 0.276. The molecule has 0 saturated carbocycles. The number of nitrogens with zero attached hydrogens (tertiary/aromatic N) is 4. The highest BCUT2D eigenvalue weighted by Crippen LogP contribution is 2.29. The molecule has 4 aromatic rings. The van der Waals surface area contributed by atoms with Crippen LogP contribution in [0.5, 0.6) is 0 Å². The van der Waals surface area contributed by atoms with E-state index < -0.39 is 0 Å². The smallest absolute Gasteiger partial charge is 0.253 e. The Morgan fingerprint density at radius 2 is 1.81 bits per heavy atom. The van der Waals surface area contributed by atoms with E-state index in [2.05, 4.69) is 39.3 Å². The molecule has 182 valence electrons. The van der Waals surface area contributed by atoms with Crippen molar-refractivity contribution in [3.8, 4) is 11.4 Å². The van der Waals surface area contributed by atoms with Gasteiger partial charge in [-0.3, -0.25) is 4.79 Å². The van der Waals surface area contributed by atoms with Gasteiger partial charge in [0, 0.05) is 43.0 Å². The molecule has 0 aliphatic carbocycles. The molecule has 2 aliphatic rings. The zero-order valence-corrected chi connectivity index (χ0v) is 19.9. The first-order chi connectivity index (χ1) is 17.6. The number of amides is 1. The van der Waals surface area contributed by atoms with Gasteiger partial charge in [-0.1, -0.05) is 41.6 Å². The summed E-state index contributed by atoms with van der Waals surface area (Å²) in [6, 6.07) is 22.7. The van der Waals surface area contributed by atoms with Gasteiger partial charge in [0.05, 0.1) is 5.92 Å². The summed E-state index contributed by atoms with van der Waals surface area (Å²) in [5.74, 6) is 0.492. The Labute approximate surface area is 209 Å². The lowest BCUT2D eigenvalue weighted by molar-refractivity contribution is 0.0695. The van der Waals surface area contributed by atoms with E-state index in [0.717, 1.165) is 38.0 Å². The highest BCUT2D eigenvalue weighted by atomic mass is 19.1. The van der Waals surface area contributed by atoms with Crippen molar-refractivity contribution in [1.29, 1.82) is 0 Å². The fourth-order valence-electron chi connectivity index (χ4n) is 5.22. The number of halogens is 1. The summed E-state index contributed by atoms with van der Waals surface area (Å²) < 4.78 is 19.1. The van der Waals surface area contributed by atoms with Gasteiger partial charge in [-0.05, 0) is 66.8 Å². The number of hydrogen-bond acceptors (Lipinski definition) is 5. The SMILES string of the molecule is O=C(c1ccc(N2CCc3ccccc3C2)cc1)N1CCCC(c2nc(-c3cccc(F)c3)no2)C1. The molecule has 1 amide bonds. The Hall–Kier alpha value is -4.00. The number of benzene rings is 3. The van der Waals surface area contributed by atoms with Crippen LogP contribution in [-0.4, -0.2) is 40.6 Å². The molecule has 1 unspecified atom stereocenters. The van der Waals surface area contributed by atoms with E-state index in [0.29, 0.717) is 35.9 Å². The Morgan fingerprint density at radius 3 is 2.64 bits per heavy atom. The molecular formula is C29H27FN4O2. The van der Waals surface area contributed by atoms with Crippen molar-refractivity contribution in [2.45, 2.75) is 31.7 Å². The number of carbonyl (C=O) groups is 1. The molecule has 36 heavy (non-hydrogen) atoms. The number of fused-ring (bicyclic) bond motifs is 1. The zero-order chi connectivity index (χ0) is 24.5. The van der Waals surface area contributed by atoms with Crippen LogP contribution in [-0.2, 0) is 13.0 Å². The van der Waals surface area contributed by atoms with Gasteiger partial charge in [-0.15, -0.1) is 0 Å². The summed E-state index contributed by atoms with van der Waals surface area (Å²) in [6.07, 6.45) is 2.76. The van der Waals surface area contributed by atoms with Gasteiger partial charge in [0.2, 0.25) is 11.7 Å². The molecule has 0 N–H and O–H groups in total. The zero-order valence-electron chi connectivity index (χ0n) is 19.9. The maximum Gasteiger partial charge on any atom is 0.253 e. The summed E-state index contributed by atoms with van der Waals surface area (Å²) in [7, 11) is 0. The first-order valence-electron chi connectivity index (χ1n) is 12.4. The molecule has 7 heteroatoms. The molecule has 1 aromatic heterocycles. The number of anilines is 1. The third-order valence-electron chi connectivity index (χ3n) is 7.19. The van der Waals surface area contributed by atoms with Crippen LogP contribution in [0.1, 0.15) is 46.1 Å². The van der Waals surface area contributed by atoms with E-state index in [-0.39, 0.29) is 17.6 Å². The minimum Gasteiger partial charge on any atom is -0.367 e. The van der Waals surface area contributed by atoms with Gasteiger partial charge in [0.15, 0.2) is 0 Å². The lowest BCUT2D eigenvalue weighted by Crippen LogP contribution is -2.39. The van der Waals surface area contributed by atoms with E-state index in [1.807, 2.05) is 29.2 Å². The molecule has 3 heterocycles. The highest BCUT2D eigenvalue weighted by Gasteiger charge is 2.29. The second-order valence-electron chi connectivity index (χ2n) is 9.54. The standard InChI is InChI=1S/C29H27FN4O2/c30-25-9-3-7-22(17-25)27-31-28(36-32-27)24-8-4-15-34(19-24)29(35)21-10-12-26(13-11-21)33-16-14-20-5-1-2-6-23(20)18-33/h1-3,5-7,9-13,17,24H,4,8,14-16,18-19H2.